The smallest absolute Gasteiger partial charge is 0.314 e. The molecule has 3 heteroatoms. The number of carbonyl (C=O) groups excluding carboxylic acids is 2. The average Bonchev–Trinajstić information content (AvgIpc) is 2.85. The second-order valence-electron chi connectivity index (χ2n) is 10.9. The molecular weight excluding hydrogens is 396 g/mol. The molecule has 0 spiro atoms. The SMILES string of the molecule is CCCC1CCC(C2CCC(C(=O)Oc3ccc(C4CCC(C=O)CC4)cc3)CC2)CC1. The Morgan fingerprint density at radius 2 is 1.44 bits per heavy atom. The van der Waals surface area contributed by atoms with E-state index in [9.17, 15) is 9.59 Å². The lowest BCUT2D eigenvalue weighted by molar-refractivity contribution is -0.140. The first-order valence-corrected chi connectivity index (χ1v) is 13.4. The van der Waals surface area contributed by atoms with E-state index in [2.05, 4.69) is 19.1 Å². The number of benzene rings is 1. The molecule has 0 saturated heterocycles. The van der Waals surface area contributed by atoms with Crippen LogP contribution < -0.4 is 4.74 Å². The number of carbonyl (C=O) groups is 2. The monoisotopic (exact) mass is 438 g/mol. The number of rotatable bonds is 7. The van der Waals surface area contributed by atoms with Crippen molar-refractivity contribution in [1.29, 1.82) is 0 Å². The number of esters is 1. The van der Waals surface area contributed by atoms with Crippen molar-refractivity contribution in [3.63, 3.8) is 0 Å². The van der Waals surface area contributed by atoms with Gasteiger partial charge in [-0.3, -0.25) is 4.79 Å². The Hall–Kier alpha value is -1.64. The molecule has 176 valence electrons. The highest BCUT2D eigenvalue weighted by atomic mass is 16.5. The van der Waals surface area contributed by atoms with Gasteiger partial charge in [0.15, 0.2) is 0 Å². The maximum Gasteiger partial charge on any atom is 0.314 e. The fourth-order valence-electron chi connectivity index (χ4n) is 6.78. The van der Waals surface area contributed by atoms with E-state index in [0.29, 0.717) is 11.7 Å². The van der Waals surface area contributed by atoms with E-state index >= 15 is 0 Å². The van der Waals surface area contributed by atoms with Crippen LogP contribution in [0.15, 0.2) is 24.3 Å². The van der Waals surface area contributed by atoms with Crippen molar-refractivity contribution < 1.29 is 14.3 Å². The Balaban J connectivity index is 1.20. The first-order valence-electron chi connectivity index (χ1n) is 13.4. The van der Waals surface area contributed by atoms with E-state index in [1.54, 1.807) is 0 Å². The van der Waals surface area contributed by atoms with Crippen molar-refractivity contribution >= 4 is 12.3 Å². The van der Waals surface area contributed by atoms with Crippen LogP contribution in [0.5, 0.6) is 5.75 Å². The average molecular weight is 439 g/mol. The zero-order valence-corrected chi connectivity index (χ0v) is 20.0. The Morgan fingerprint density at radius 1 is 0.844 bits per heavy atom. The van der Waals surface area contributed by atoms with E-state index in [0.717, 1.165) is 62.6 Å². The lowest BCUT2D eigenvalue weighted by Crippen LogP contribution is -2.30. The molecule has 0 atom stereocenters. The van der Waals surface area contributed by atoms with Crippen molar-refractivity contribution in [3.8, 4) is 5.75 Å². The second kappa shape index (κ2) is 11.5. The summed E-state index contributed by atoms with van der Waals surface area (Å²) in [7, 11) is 0. The van der Waals surface area contributed by atoms with Crippen molar-refractivity contribution in [1.82, 2.24) is 0 Å². The summed E-state index contributed by atoms with van der Waals surface area (Å²) < 4.78 is 5.77. The summed E-state index contributed by atoms with van der Waals surface area (Å²) in [5, 5.41) is 0. The molecule has 1 aromatic rings. The summed E-state index contributed by atoms with van der Waals surface area (Å²) in [6.07, 6.45) is 18.1. The van der Waals surface area contributed by atoms with Crippen LogP contribution in [0.25, 0.3) is 0 Å². The quantitative estimate of drug-likeness (QED) is 0.252. The molecule has 4 rings (SSSR count). The van der Waals surface area contributed by atoms with Crippen molar-refractivity contribution in [2.45, 2.75) is 103 Å². The van der Waals surface area contributed by atoms with Gasteiger partial charge in [0.25, 0.3) is 0 Å². The van der Waals surface area contributed by atoms with E-state index in [-0.39, 0.29) is 17.8 Å². The molecule has 3 saturated carbocycles. The molecular formula is C29H42O3. The van der Waals surface area contributed by atoms with Gasteiger partial charge in [-0.25, -0.2) is 0 Å². The molecule has 1 aromatic carbocycles. The van der Waals surface area contributed by atoms with Crippen molar-refractivity contribution in [2.75, 3.05) is 0 Å². The van der Waals surface area contributed by atoms with Gasteiger partial charge in [-0.05, 0) is 106 Å². The summed E-state index contributed by atoms with van der Waals surface area (Å²) in [6.45, 7) is 2.31. The predicted molar refractivity (Wildman–Crippen MR) is 129 cm³/mol. The number of aldehydes is 1. The summed E-state index contributed by atoms with van der Waals surface area (Å²) in [6, 6.07) is 8.14. The van der Waals surface area contributed by atoms with Gasteiger partial charge in [-0.15, -0.1) is 0 Å². The first kappa shape index (κ1) is 23.5. The first-order chi connectivity index (χ1) is 15.7. The maximum absolute atomic E-state index is 12.8. The van der Waals surface area contributed by atoms with Gasteiger partial charge in [0.05, 0.1) is 5.92 Å². The molecule has 0 heterocycles. The van der Waals surface area contributed by atoms with Gasteiger partial charge in [-0.2, -0.15) is 0 Å². The minimum absolute atomic E-state index is 0.0330. The van der Waals surface area contributed by atoms with Gasteiger partial charge >= 0.3 is 5.97 Å². The topological polar surface area (TPSA) is 43.4 Å². The molecule has 0 aliphatic heterocycles. The largest absolute Gasteiger partial charge is 0.426 e. The second-order valence-corrected chi connectivity index (χ2v) is 10.9. The highest BCUT2D eigenvalue weighted by Crippen LogP contribution is 2.42. The Bertz CT molecular complexity index is 715. The Kier molecular flexibility index (Phi) is 8.43. The summed E-state index contributed by atoms with van der Waals surface area (Å²) in [5.41, 5.74) is 1.31. The molecule has 0 unspecified atom stereocenters. The minimum atomic E-state index is -0.0330. The summed E-state index contributed by atoms with van der Waals surface area (Å²) in [4.78, 5) is 23.7. The van der Waals surface area contributed by atoms with Crippen molar-refractivity contribution in [2.24, 2.45) is 29.6 Å². The van der Waals surface area contributed by atoms with Gasteiger partial charge < -0.3 is 9.53 Å². The zero-order valence-electron chi connectivity index (χ0n) is 20.0. The number of hydrogen-bond acceptors (Lipinski definition) is 3. The van der Waals surface area contributed by atoms with E-state index < -0.39 is 0 Å². The summed E-state index contributed by atoms with van der Waals surface area (Å²) in [5.74, 6) is 4.19. The fourth-order valence-corrected chi connectivity index (χ4v) is 6.78. The van der Waals surface area contributed by atoms with Crippen molar-refractivity contribution in [3.05, 3.63) is 29.8 Å². The lowest BCUT2D eigenvalue weighted by Gasteiger charge is -2.37. The van der Waals surface area contributed by atoms with Gasteiger partial charge in [0.2, 0.25) is 0 Å². The standard InChI is InChI=1S/C29H42O3/c1-2-3-21-4-8-23(9-5-21)25-12-14-27(15-13-25)29(31)32-28-18-16-26(17-19-28)24-10-6-22(20-30)7-11-24/h16-25,27H,2-15H2,1H3. The third-order valence-electron chi connectivity index (χ3n) is 8.89. The molecule has 0 aromatic heterocycles. The maximum atomic E-state index is 12.8. The van der Waals surface area contributed by atoms with Crippen LogP contribution in [0.2, 0.25) is 0 Å². The third kappa shape index (κ3) is 6.02. The predicted octanol–water partition coefficient (Wildman–Crippen LogP) is 7.48. The lowest BCUT2D eigenvalue weighted by atomic mass is 9.69. The highest BCUT2D eigenvalue weighted by molar-refractivity contribution is 5.75. The Morgan fingerprint density at radius 3 is 2.00 bits per heavy atom. The molecule has 32 heavy (non-hydrogen) atoms. The minimum Gasteiger partial charge on any atom is -0.426 e. The van der Waals surface area contributed by atoms with Crippen LogP contribution in [0.4, 0.5) is 0 Å². The molecule has 0 radical (unpaired) electrons. The molecule has 0 amide bonds. The van der Waals surface area contributed by atoms with Gasteiger partial charge in [-0.1, -0.05) is 44.7 Å². The molecule has 3 nitrogen and oxygen atoms in total. The number of ether oxygens (including phenoxy) is 1. The molecule has 3 fully saturated rings. The van der Waals surface area contributed by atoms with Crippen LogP contribution in [0, 0.1) is 29.6 Å². The summed E-state index contributed by atoms with van der Waals surface area (Å²) >= 11 is 0. The van der Waals surface area contributed by atoms with E-state index in [1.165, 1.54) is 56.9 Å². The van der Waals surface area contributed by atoms with E-state index in [4.69, 9.17) is 4.74 Å². The van der Waals surface area contributed by atoms with Crippen LogP contribution in [0.1, 0.15) is 108 Å². The highest BCUT2D eigenvalue weighted by Gasteiger charge is 2.33. The molecule has 3 aliphatic carbocycles. The Labute approximate surface area is 194 Å². The van der Waals surface area contributed by atoms with Crippen LogP contribution >= 0.6 is 0 Å². The zero-order chi connectivity index (χ0) is 22.3. The third-order valence-corrected chi connectivity index (χ3v) is 8.89. The normalized spacial score (nSPS) is 33.4. The van der Waals surface area contributed by atoms with Crippen LogP contribution in [-0.2, 0) is 9.59 Å². The van der Waals surface area contributed by atoms with Gasteiger partial charge in [0, 0.05) is 5.92 Å². The molecule has 0 N–H and O–H groups in total. The fraction of sp³-hybridized carbons (Fsp3) is 0.724. The molecule has 3 aliphatic rings. The van der Waals surface area contributed by atoms with Crippen LogP contribution in [-0.4, -0.2) is 12.3 Å². The van der Waals surface area contributed by atoms with Crippen LogP contribution in [0.3, 0.4) is 0 Å². The molecule has 0 bridgehead atoms. The number of hydrogen-bond donors (Lipinski definition) is 0. The van der Waals surface area contributed by atoms with E-state index in [1.807, 2.05) is 12.1 Å². The van der Waals surface area contributed by atoms with Gasteiger partial charge in [0.1, 0.15) is 12.0 Å².